The Morgan fingerprint density at radius 1 is 1.35 bits per heavy atom. The molecule has 0 radical (unpaired) electrons. The third kappa shape index (κ3) is 3.85. The maximum atomic E-state index is 4.51. The minimum atomic E-state index is 0. The number of nitrogens with zero attached hydrogens (tertiary/aromatic N) is 3. The van der Waals surface area contributed by atoms with E-state index in [9.17, 15) is 0 Å². The molecule has 0 amide bonds. The molecule has 6 heteroatoms. The molecule has 4 nitrogen and oxygen atoms in total. The SMILES string of the molecule is CCN(CC)Cc1ncn2c1CNCC2.Cl.Cl. The predicted molar refractivity (Wildman–Crippen MR) is 75.1 cm³/mol. The molecule has 17 heavy (non-hydrogen) atoms. The van der Waals surface area contributed by atoms with E-state index in [1.165, 1.54) is 11.4 Å². The number of rotatable bonds is 4. The highest BCUT2D eigenvalue weighted by molar-refractivity contribution is 5.85. The number of halogens is 2. The molecule has 0 unspecified atom stereocenters. The Morgan fingerprint density at radius 3 is 2.71 bits per heavy atom. The minimum Gasteiger partial charge on any atom is -0.332 e. The second-order valence-corrected chi connectivity index (χ2v) is 3.97. The van der Waals surface area contributed by atoms with Crippen molar-refractivity contribution in [1.82, 2.24) is 19.8 Å². The summed E-state index contributed by atoms with van der Waals surface area (Å²) in [5, 5.41) is 3.40. The summed E-state index contributed by atoms with van der Waals surface area (Å²) < 4.78 is 2.27. The van der Waals surface area contributed by atoms with Gasteiger partial charge in [0.25, 0.3) is 0 Å². The van der Waals surface area contributed by atoms with Crippen molar-refractivity contribution in [1.29, 1.82) is 0 Å². The molecule has 0 saturated heterocycles. The van der Waals surface area contributed by atoms with Gasteiger partial charge in [0, 0.05) is 26.2 Å². The molecule has 1 N–H and O–H groups in total. The van der Waals surface area contributed by atoms with Gasteiger partial charge in [-0.05, 0) is 13.1 Å². The maximum absolute atomic E-state index is 4.51. The molecular weight excluding hydrogens is 259 g/mol. The monoisotopic (exact) mass is 280 g/mol. The Morgan fingerprint density at radius 2 is 2.06 bits per heavy atom. The van der Waals surface area contributed by atoms with E-state index in [4.69, 9.17) is 0 Å². The van der Waals surface area contributed by atoms with E-state index in [-0.39, 0.29) is 24.8 Å². The van der Waals surface area contributed by atoms with Crippen molar-refractivity contribution < 1.29 is 0 Å². The first-order valence-electron chi connectivity index (χ1n) is 5.81. The average Bonchev–Trinajstić information content (AvgIpc) is 2.69. The molecular formula is C11H22Cl2N4. The third-order valence-electron chi connectivity index (χ3n) is 3.12. The van der Waals surface area contributed by atoms with E-state index in [2.05, 4.69) is 33.6 Å². The van der Waals surface area contributed by atoms with Gasteiger partial charge in [-0.1, -0.05) is 13.8 Å². The molecule has 0 aliphatic carbocycles. The second-order valence-electron chi connectivity index (χ2n) is 3.97. The predicted octanol–water partition coefficient (Wildman–Crippen LogP) is 1.67. The third-order valence-corrected chi connectivity index (χ3v) is 3.12. The number of nitrogens with one attached hydrogen (secondary N) is 1. The van der Waals surface area contributed by atoms with E-state index < -0.39 is 0 Å². The Hall–Kier alpha value is -0.290. The summed E-state index contributed by atoms with van der Waals surface area (Å²) in [6.07, 6.45) is 1.98. The summed E-state index contributed by atoms with van der Waals surface area (Å²) in [6.45, 7) is 10.7. The molecule has 2 heterocycles. The van der Waals surface area contributed by atoms with Crippen molar-refractivity contribution in [2.24, 2.45) is 0 Å². The largest absolute Gasteiger partial charge is 0.332 e. The number of aromatic nitrogens is 2. The Kier molecular flexibility index (Phi) is 7.79. The Labute approximate surface area is 116 Å². The van der Waals surface area contributed by atoms with Crippen LogP contribution in [0, 0.1) is 0 Å². The van der Waals surface area contributed by atoms with E-state index >= 15 is 0 Å². The Bertz CT molecular complexity index is 323. The zero-order valence-electron chi connectivity index (χ0n) is 10.5. The highest BCUT2D eigenvalue weighted by Gasteiger charge is 2.15. The van der Waals surface area contributed by atoms with Gasteiger partial charge in [0.1, 0.15) is 0 Å². The van der Waals surface area contributed by atoms with Gasteiger partial charge in [0.15, 0.2) is 0 Å². The van der Waals surface area contributed by atoms with Crippen LogP contribution >= 0.6 is 24.8 Å². The van der Waals surface area contributed by atoms with Crippen molar-refractivity contribution in [3.05, 3.63) is 17.7 Å². The molecule has 0 saturated carbocycles. The molecule has 1 aliphatic rings. The van der Waals surface area contributed by atoms with Crippen molar-refractivity contribution >= 4 is 24.8 Å². The van der Waals surface area contributed by atoms with Gasteiger partial charge >= 0.3 is 0 Å². The van der Waals surface area contributed by atoms with Crippen LogP contribution in [-0.4, -0.2) is 34.1 Å². The van der Waals surface area contributed by atoms with Gasteiger partial charge in [-0.3, -0.25) is 4.90 Å². The van der Waals surface area contributed by atoms with Crippen molar-refractivity contribution in [2.45, 2.75) is 33.5 Å². The van der Waals surface area contributed by atoms with E-state index in [1.54, 1.807) is 0 Å². The molecule has 1 aromatic rings. The van der Waals surface area contributed by atoms with Crippen LogP contribution in [0.2, 0.25) is 0 Å². The lowest BCUT2D eigenvalue weighted by molar-refractivity contribution is 0.290. The van der Waals surface area contributed by atoms with Crippen molar-refractivity contribution in [3.63, 3.8) is 0 Å². The van der Waals surface area contributed by atoms with Crippen molar-refractivity contribution in [2.75, 3.05) is 19.6 Å². The van der Waals surface area contributed by atoms with Gasteiger partial charge < -0.3 is 9.88 Å². The van der Waals surface area contributed by atoms with Gasteiger partial charge in [0.05, 0.1) is 17.7 Å². The summed E-state index contributed by atoms with van der Waals surface area (Å²) >= 11 is 0. The van der Waals surface area contributed by atoms with Gasteiger partial charge in [-0.25, -0.2) is 4.98 Å². The lowest BCUT2D eigenvalue weighted by Crippen LogP contribution is -2.29. The molecule has 0 aromatic carbocycles. The van der Waals surface area contributed by atoms with Crippen LogP contribution in [0.1, 0.15) is 25.2 Å². The number of hydrogen-bond acceptors (Lipinski definition) is 3. The summed E-state index contributed by atoms with van der Waals surface area (Å²) in [6, 6.07) is 0. The zero-order chi connectivity index (χ0) is 10.7. The fraction of sp³-hybridized carbons (Fsp3) is 0.727. The second kappa shape index (κ2) is 7.93. The van der Waals surface area contributed by atoms with Crippen molar-refractivity contribution in [3.8, 4) is 0 Å². The summed E-state index contributed by atoms with van der Waals surface area (Å²) in [7, 11) is 0. The van der Waals surface area contributed by atoms with Crippen LogP contribution in [0.3, 0.4) is 0 Å². The van der Waals surface area contributed by atoms with Crippen LogP contribution in [0.5, 0.6) is 0 Å². The minimum absolute atomic E-state index is 0. The number of hydrogen-bond donors (Lipinski definition) is 1. The fourth-order valence-corrected chi connectivity index (χ4v) is 2.04. The zero-order valence-corrected chi connectivity index (χ0v) is 12.1. The standard InChI is InChI=1S/C11H20N4.2ClH/c1-3-14(4-2)8-10-11-7-12-5-6-15(11)9-13-10;;/h9,12H,3-8H2,1-2H3;2*1H. The summed E-state index contributed by atoms with van der Waals surface area (Å²) in [5.74, 6) is 0. The first-order chi connectivity index (χ1) is 7.35. The van der Waals surface area contributed by atoms with Crippen LogP contribution in [0.25, 0.3) is 0 Å². The molecule has 0 bridgehead atoms. The molecule has 0 fully saturated rings. The number of imidazole rings is 1. The van der Waals surface area contributed by atoms with Crippen LogP contribution < -0.4 is 5.32 Å². The molecule has 0 atom stereocenters. The van der Waals surface area contributed by atoms with E-state index in [0.29, 0.717) is 0 Å². The molecule has 2 rings (SSSR count). The quantitative estimate of drug-likeness (QED) is 0.911. The lowest BCUT2D eigenvalue weighted by Gasteiger charge is -2.20. The van der Waals surface area contributed by atoms with Crippen LogP contribution in [0.4, 0.5) is 0 Å². The maximum Gasteiger partial charge on any atom is 0.0953 e. The smallest absolute Gasteiger partial charge is 0.0953 e. The molecule has 100 valence electrons. The topological polar surface area (TPSA) is 33.1 Å². The summed E-state index contributed by atoms with van der Waals surface area (Å²) in [4.78, 5) is 6.92. The van der Waals surface area contributed by atoms with Gasteiger partial charge in [-0.15, -0.1) is 24.8 Å². The average molecular weight is 281 g/mol. The highest BCUT2D eigenvalue weighted by Crippen LogP contribution is 2.12. The molecule has 1 aromatic heterocycles. The molecule has 0 spiro atoms. The highest BCUT2D eigenvalue weighted by atomic mass is 35.5. The molecule has 1 aliphatic heterocycles. The fourth-order valence-electron chi connectivity index (χ4n) is 2.04. The first-order valence-corrected chi connectivity index (χ1v) is 5.81. The number of fused-ring (bicyclic) bond motifs is 1. The van der Waals surface area contributed by atoms with Gasteiger partial charge in [-0.2, -0.15) is 0 Å². The van der Waals surface area contributed by atoms with Gasteiger partial charge in [0.2, 0.25) is 0 Å². The Balaban J connectivity index is 0.00000128. The summed E-state index contributed by atoms with van der Waals surface area (Å²) in [5.41, 5.74) is 2.61. The van der Waals surface area contributed by atoms with Crippen LogP contribution in [0.15, 0.2) is 6.33 Å². The first kappa shape index (κ1) is 16.7. The van der Waals surface area contributed by atoms with Crippen LogP contribution in [-0.2, 0) is 19.6 Å². The lowest BCUT2D eigenvalue weighted by atomic mass is 10.2. The normalized spacial score (nSPS) is 13.8. The van der Waals surface area contributed by atoms with E-state index in [0.717, 1.165) is 39.3 Å². The van der Waals surface area contributed by atoms with E-state index in [1.807, 2.05) is 6.33 Å².